The van der Waals surface area contributed by atoms with Crippen LogP contribution < -0.4 is 5.43 Å². The second kappa shape index (κ2) is 9.87. The molecule has 0 spiro atoms. The number of hydrogen-bond donors (Lipinski definition) is 1. The minimum atomic E-state index is -0.383. The number of hydrazine groups is 1. The molecule has 0 saturated carbocycles. The average Bonchev–Trinajstić information content (AvgIpc) is 2.70. The highest BCUT2D eigenvalue weighted by Gasteiger charge is 2.39. The maximum absolute atomic E-state index is 13.2. The lowest BCUT2D eigenvalue weighted by molar-refractivity contribution is -0.176. The predicted octanol–water partition coefficient (Wildman–Crippen LogP) is 3.97. The molecule has 1 amide bonds. The third-order valence-corrected chi connectivity index (χ3v) is 4.59. The van der Waals surface area contributed by atoms with Gasteiger partial charge in [0.25, 0.3) is 5.91 Å². The lowest BCUT2D eigenvalue weighted by Gasteiger charge is -2.46. The van der Waals surface area contributed by atoms with E-state index < -0.39 is 0 Å². The van der Waals surface area contributed by atoms with Crippen LogP contribution in [-0.4, -0.2) is 53.6 Å². The molecule has 0 bridgehead atoms. The van der Waals surface area contributed by atoms with Crippen molar-refractivity contribution in [2.75, 3.05) is 18.5 Å². The zero-order valence-corrected chi connectivity index (χ0v) is 17.6. The molecule has 1 aliphatic heterocycles. The topological polar surface area (TPSA) is 54.0 Å². The molecular formula is C23H31N3O3. The summed E-state index contributed by atoms with van der Waals surface area (Å²) < 4.78 is 12.3. The lowest BCUT2D eigenvalue weighted by Crippen LogP contribution is -2.63. The minimum absolute atomic E-state index is 0.00721. The highest BCUT2D eigenvalue weighted by Crippen LogP contribution is 2.23. The normalized spacial score (nSPS) is 20.3. The number of nitrogens with zero attached hydrogens (tertiary/aromatic N) is 2. The van der Waals surface area contributed by atoms with Gasteiger partial charge >= 0.3 is 0 Å². The number of carbonyl (C=O) groups is 1. The molecule has 1 heterocycles. The van der Waals surface area contributed by atoms with Gasteiger partial charge in [-0.05, 0) is 52.0 Å². The fourth-order valence-electron chi connectivity index (χ4n) is 3.39. The van der Waals surface area contributed by atoms with Gasteiger partial charge in [0.05, 0.1) is 25.3 Å². The molecule has 156 valence electrons. The van der Waals surface area contributed by atoms with E-state index in [9.17, 15) is 4.79 Å². The third kappa shape index (κ3) is 5.79. The Morgan fingerprint density at radius 2 is 1.41 bits per heavy atom. The summed E-state index contributed by atoms with van der Waals surface area (Å²) in [6, 6.07) is 19.3. The SMILES string of the molecule is CC(C)OC1CN(C(=O)c2ccccc2)C(OC(C)C)CN1Nc1ccccc1. The number of rotatable bonds is 7. The van der Waals surface area contributed by atoms with E-state index in [-0.39, 0.29) is 30.6 Å². The molecule has 1 N–H and O–H groups in total. The first-order chi connectivity index (χ1) is 13.9. The first kappa shape index (κ1) is 21.3. The highest BCUT2D eigenvalue weighted by molar-refractivity contribution is 5.94. The van der Waals surface area contributed by atoms with Crippen LogP contribution in [0.4, 0.5) is 5.69 Å². The molecule has 1 saturated heterocycles. The van der Waals surface area contributed by atoms with E-state index >= 15 is 0 Å². The molecule has 0 radical (unpaired) electrons. The quantitative estimate of drug-likeness (QED) is 0.766. The molecule has 1 fully saturated rings. The van der Waals surface area contributed by atoms with Crippen molar-refractivity contribution in [3.63, 3.8) is 0 Å². The number of hydrogen-bond acceptors (Lipinski definition) is 5. The Morgan fingerprint density at radius 3 is 2.00 bits per heavy atom. The van der Waals surface area contributed by atoms with E-state index in [4.69, 9.17) is 9.47 Å². The monoisotopic (exact) mass is 397 g/mol. The molecule has 6 heteroatoms. The Kier molecular flexibility index (Phi) is 7.25. The van der Waals surface area contributed by atoms with Crippen molar-refractivity contribution in [2.45, 2.75) is 52.4 Å². The van der Waals surface area contributed by atoms with E-state index in [0.717, 1.165) is 5.69 Å². The van der Waals surface area contributed by atoms with Crippen molar-refractivity contribution in [2.24, 2.45) is 0 Å². The largest absolute Gasteiger partial charge is 0.357 e. The minimum Gasteiger partial charge on any atom is -0.357 e. The Bertz CT molecular complexity index is 767. The number of para-hydroxylation sites is 1. The van der Waals surface area contributed by atoms with Gasteiger partial charge in [-0.2, -0.15) is 5.01 Å². The first-order valence-corrected chi connectivity index (χ1v) is 10.2. The van der Waals surface area contributed by atoms with Crippen LogP contribution >= 0.6 is 0 Å². The molecule has 2 unspecified atom stereocenters. The van der Waals surface area contributed by atoms with Crippen LogP contribution in [0, 0.1) is 0 Å². The second-order valence-electron chi connectivity index (χ2n) is 7.73. The number of nitrogens with one attached hydrogen (secondary N) is 1. The van der Waals surface area contributed by atoms with E-state index in [1.807, 2.05) is 93.4 Å². The number of anilines is 1. The molecule has 6 nitrogen and oxygen atoms in total. The molecule has 29 heavy (non-hydrogen) atoms. The zero-order chi connectivity index (χ0) is 20.8. The van der Waals surface area contributed by atoms with Crippen LogP contribution in [0.5, 0.6) is 0 Å². The van der Waals surface area contributed by atoms with Crippen LogP contribution in [-0.2, 0) is 9.47 Å². The average molecular weight is 398 g/mol. The van der Waals surface area contributed by atoms with Crippen LogP contribution in [0.2, 0.25) is 0 Å². The van der Waals surface area contributed by atoms with Gasteiger partial charge in [0.15, 0.2) is 0 Å². The summed E-state index contributed by atoms with van der Waals surface area (Å²) in [5, 5.41) is 2.02. The van der Waals surface area contributed by atoms with E-state index in [1.54, 1.807) is 4.90 Å². The van der Waals surface area contributed by atoms with Crippen molar-refractivity contribution < 1.29 is 14.3 Å². The number of ether oxygens (including phenoxy) is 2. The van der Waals surface area contributed by atoms with Crippen molar-refractivity contribution in [3.05, 3.63) is 66.2 Å². The summed E-state index contributed by atoms with van der Waals surface area (Å²) in [6.07, 6.45) is -0.663. The van der Waals surface area contributed by atoms with E-state index in [1.165, 1.54) is 0 Å². The van der Waals surface area contributed by atoms with Crippen LogP contribution in [0.25, 0.3) is 0 Å². The van der Waals surface area contributed by atoms with Crippen LogP contribution in [0.1, 0.15) is 38.1 Å². The van der Waals surface area contributed by atoms with Gasteiger partial charge in [-0.3, -0.25) is 4.79 Å². The van der Waals surface area contributed by atoms with E-state index in [0.29, 0.717) is 18.7 Å². The van der Waals surface area contributed by atoms with Crippen molar-refractivity contribution in [1.82, 2.24) is 9.91 Å². The Morgan fingerprint density at radius 1 is 0.862 bits per heavy atom. The van der Waals surface area contributed by atoms with Crippen molar-refractivity contribution in [1.29, 1.82) is 0 Å². The fraction of sp³-hybridized carbons (Fsp3) is 0.435. The molecular weight excluding hydrogens is 366 g/mol. The zero-order valence-electron chi connectivity index (χ0n) is 17.6. The van der Waals surface area contributed by atoms with E-state index in [2.05, 4.69) is 5.43 Å². The fourth-order valence-corrected chi connectivity index (χ4v) is 3.39. The van der Waals surface area contributed by atoms with Gasteiger partial charge < -0.3 is 19.8 Å². The Hall–Kier alpha value is -2.41. The van der Waals surface area contributed by atoms with Gasteiger partial charge in [0, 0.05) is 11.3 Å². The maximum Gasteiger partial charge on any atom is 0.256 e. The lowest BCUT2D eigenvalue weighted by atomic mass is 10.1. The molecule has 2 aromatic carbocycles. The van der Waals surface area contributed by atoms with Crippen molar-refractivity contribution >= 4 is 11.6 Å². The van der Waals surface area contributed by atoms with Gasteiger partial charge in [-0.25, -0.2) is 0 Å². The summed E-state index contributed by atoms with van der Waals surface area (Å²) in [6.45, 7) is 8.86. The Labute approximate surface area is 173 Å². The third-order valence-electron chi connectivity index (χ3n) is 4.59. The number of piperazine rings is 1. The molecule has 3 rings (SSSR count). The predicted molar refractivity (Wildman–Crippen MR) is 114 cm³/mol. The van der Waals surface area contributed by atoms with Crippen molar-refractivity contribution in [3.8, 4) is 0 Å². The summed E-state index contributed by atoms with van der Waals surface area (Å²) in [7, 11) is 0. The maximum atomic E-state index is 13.2. The molecule has 0 aromatic heterocycles. The molecule has 2 atom stereocenters. The highest BCUT2D eigenvalue weighted by atomic mass is 16.5. The summed E-state index contributed by atoms with van der Waals surface area (Å²) in [5.41, 5.74) is 5.05. The summed E-state index contributed by atoms with van der Waals surface area (Å²) in [5.74, 6) is -0.0482. The Balaban J connectivity index is 1.85. The number of benzene rings is 2. The van der Waals surface area contributed by atoms with Crippen LogP contribution in [0.15, 0.2) is 60.7 Å². The molecule has 0 aliphatic carbocycles. The van der Waals surface area contributed by atoms with Gasteiger partial charge in [0.2, 0.25) is 0 Å². The van der Waals surface area contributed by atoms with Crippen LogP contribution in [0.3, 0.4) is 0 Å². The number of amides is 1. The number of carbonyl (C=O) groups excluding carboxylic acids is 1. The van der Waals surface area contributed by atoms with Gasteiger partial charge in [0.1, 0.15) is 12.5 Å². The van der Waals surface area contributed by atoms with Gasteiger partial charge in [-0.15, -0.1) is 0 Å². The smallest absolute Gasteiger partial charge is 0.256 e. The summed E-state index contributed by atoms with van der Waals surface area (Å²) >= 11 is 0. The first-order valence-electron chi connectivity index (χ1n) is 10.2. The molecule has 1 aliphatic rings. The molecule has 2 aromatic rings. The standard InChI is InChI=1S/C23H31N3O3/c1-17(2)28-21-16-26(24-20-13-9-6-10-14-20)22(29-18(3)4)15-25(21)23(27)19-11-7-5-8-12-19/h5-14,17-18,21-22,24H,15-16H2,1-4H3. The summed E-state index contributed by atoms with van der Waals surface area (Å²) in [4.78, 5) is 15.0. The second-order valence-corrected chi connectivity index (χ2v) is 7.73. The van der Waals surface area contributed by atoms with Gasteiger partial charge in [-0.1, -0.05) is 36.4 Å².